The van der Waals surface area contributed by atoms with Crippen LogP contribution in [-0.2, 0) is 28.7 Å². The third kappa shape index (κ3) is 17.0. The molecule has 1 aliphatic heterocycles. The van der Waals surface area contributed by atoms with E-state index in [2.05, 4.69) is 34.9 Å². The maximum Gasteiger partial charge on any atom is 0.305 e. The molecule has 0 aromatic carbocycles. The zero-order valence-corrected chi connectivity index (χ0v) is 25.6. The van der Waals surface area contributed by atoms with Crippen LogP contribution in [0.1, 0.15) is 119 Å². The van der Waals surface area contributed by atoms with E-state index in [-0.39, 0.29) is 61.3 Å². The van der Waals surface area contributed by atoms with Gasteiger partial charge in [0.05, 0.1) is 13.2 Å². The molecule has 0 fully saturated rings. The first kappa shape index (κ1) is 35.2. The molecule has 0 saturated carbocycles. The van der Waals surface area contributed by atoms with Gasteiger partial charge >= 0.3 is 11.9 Å². The highest BCUT2D eigenvalue weighted by Crippen LogP contribution is 2.16. The van der Waals surface area contributed by atoms with E-state index in [9.17, 15) is 19.2 Å². The predicted octanol–water partition coefficient (Wildman–Crippen LogP) is 5.30. The van der Waals surface area contributed by atoms with Crippen molar-refractivity contribution >= 4 is 35.2 Å². The van der Waals surface area contributed by atoms with E-state index in [1.165, 1.54) is 0 Å². The molecular formula is C30H52N4O6. The summed E-state index contributed by atoms with van der Waals surface area (Å²) in [5, 5.41) is 8.69. The molecule has 0 aromatic rings. The van der Waals surface area contributed by atoms with E-state index in [0.717, 1.165) is 49.9 Å². The van der Waals surface area contributed by atoms with Gasteiger partial charge in [0.1, 0.15) is 0 Å². The molecule has 10 nitrogen and oxygen atoms in total. The van der Waals surface area contributed by atoms with Gasteiger partial charge in [-0.15, -0.1) is 0 Å². The van der Waals surface area contributed by atoms with Crippen molar-refractivity contribution in [1.82, 2.24) is 10.9 Å². The predicted molar refractivity (Wildman–Crippen MR) is 156 cm³/mol. The van der Waals surface area contributed by atoms with E-state index in [1.54, 1.807) is 0 Å². The molecule has 1 rings (SSSR count). The van der Waals surface area contributed by atoms with Crippen LogP contribution in [0.15, 0.2) is 10.2 Å². The number of hydrazone groups is 2. The number of nitrogens with zero attached hydrogens (tertiary/aromatic N) is 2. The van der Waals surface area contributed by atoms with Gasteiger partial charge in [0, 0.05) is 37.1 Å². The third-order valence-electron chi connectivity index (χ3n) is 7.08. The van der Waals surface area contributed by atoms with Crippen molar-refractivity contribution in [1.29, 1.82) is 0 Å². The van der Waals surface area contributed by atoms with Crippen LogP contribution in [0.2, 0.25) is 0 Å². The molecule has 10 heteroatoms. The van der Waals surface area contributed by atoms with Crippen LogP contribution in [0.3, 0.4) is 0 Å². The highest BCUT2D eigenvalue weighted by atomic mass is 16.5. The van der Waals surface area contributed by atoms with Gasteiger partial charge < -0.3 is 9.47 Å². The summed E-state index contributed by atoms with van der Waals surface area (Å²) in [4.78, 5) is 48.7. The Morgan fingerprint density at radius 1 is 0.600 bits per heavy atom. The average Bonchev–Trinajstić information content (AvgIpc) is 2.87. The number of cyclic esters (lactones) is 2. The second-order valence-electron chi connectivity index (χ2n) is 11.6. The van der Waals surface area contributed by atoms with Crippen molar-refractivity contribution in [2.24, 2.45) is 33.9 Å². The van der Waals surface area contributed by atoms with Gasteiger partial charge in [-0.25, -0.2) is 10.9 Å². The highest BCUT2D eigenvalue weighted by molar-refractivity contribution is 5.88. The van der Waals surface area contributed by atoms with Crippen LogP contribution in [0.4, 0.5) is 0 Å². The lowest BCUT2D eigenvalue weighted by molar-refractivity contribution is -0.146. The molecule has 0 bridgehead atoms. The molecule has 0 aliphatic carbocycles. The molecular weight excluding hydrogens is 512 g/mol. The van der Waals surface area contributed by atoms with Crippen LogP contribution in [-0.4, -0.2) is 48.4 Å². The smallest absolute Gasteiger partial charge is 0.305 e. The third-order valence-corrected chi connectivity index (χ3v) is 7.08. The summed E-state index contributed by atoms with van der Waals surface area (Å²) in [6.07, 6.45) is 6.23. The van der Waals surface area contributed by atoms with Gasteiger partial charge in [-0.1, -0.05) is 41.5 Å². The number of esters is 2. The quantitative estimate of drug-likeness (QED) is 0.437. The molecule has 2 amide bonds. The molecule has 2 atom stereocenters. The van der Waals surface area contributed by atoms with Crippen molar-refractivity contribution in [2.75, 3.05) is 13.2 Å². The molecule has 1 heterocycles. The molecule has 0 spiro atoms. The SMILES string of the molecule is CC(C)/C1=N\NC(=O)CCCC(=O)N/N=C(\C(C)C)CC[C@@H](C)CCOC(=O)CCCC(=O)OCC[C@H](C)CC1. The van der Waals surface area contributed by atoms with Crippen LogP contribution in [0.5, 0.6) is 0 Å². The Bertz CT molecular complexity index is 800. The fraction of sp³-hybridized carbons (Fsp3) is 0.800. The van der Waals surface area contributed by atoms with Gasteiger partial charge in [-0.3, -0.25) is 19.2 Å². The number of hydrogen-bond acceptors (Lipinski definition) is 8. The lowest BCUT2D eigenvalue weighted by Gasteiger charge is -2.15. The molecule has 40 heavy (non-hydrogen) atoms. The minimum Gasteiger partial charge on any atom is -0.466 e. The topological polar surface area (TPSA) is 136 Å². The first-order chi connectivity index (χ1) is 19.0. The van der Waals surface area contributed by atoms with E-state index < -0.39 is 0 Å². The zero-order valence-electron chi connectivity index (χ0n) is 25.6. The Labute approximate surface area is 240 Å². The second-order valence-corrected chi connectivity index (χ2v) is 11.6. The molecule has 228 valence electrons. The van der Waals surface area contributed by atoms with Crippen LogP contribution < -0.4 is 10.9 Å². The van der Waals surface area contributed by atoms with Crippen LogP contribution >= 0.6 is 0 Å². The van der Waals surface area contributed by atoms with Crippen molar-refractivity contribution < 1.29 is 28.7 Å². The first-order valence-electron chi connectivity index (χ1n) is 15.0. The fourth-order valence-electron chi connectivity index (χ4n) is 4.08. The number of nitrogens with one attached hydrogen (secondary N) is 2. The second kappa shape index (κ2) is 20.2. The number of amides is 2. The summed E-state index contributed by atoms with van der Waals surface area (Å²) in [6, 6.07) is 0. The summed E-state index contributed by atoms with van der Waals surface area (Å²) >= 11 is 0. The highest BCUT2D eigenvalue weighted by Gasteiger charge is 2.14. The monoisotopic (exact) mass is 564 g/mol. The largest absolute Gasteiger partial charge is 0.466 e. The van der Waals surface area contributed by atoms with Gasteiger partial charge in [-0.05, 0) is 75.0 Å². The van der Waals surface area contributed by atoms with E-state index in [0.29, 0.717) is 37.9 Å². The lowest BCUT2D eigenvalue weighted by Crippen LogP contribution is -2.24. The zero-order chi connectivity index (χ0) is 29.9. The molecule has 0 saturated heterocycles. The van der Waals surface area contributed by atoms with Gasteiger partial charge in [0.15, 0.2) is 0 Å². The molecule has 1 aliphatic rings. The molecule has 0 radical (unpaired) electrons. The van der Waals surface area contributed by atoms with Gasteiger partial charge in [0.25, 0.3) is 0 Å². The maximum absolute atomic E-state index is 12.3. The molecule has 0 unspecified atom stereocenters. The van der Waals surface area contributed by atoms with Crippen molar-refractivity contribution in [3.8, 4) is 0 Å². The Morgan fingerprint density at radius 2 is 0.975 bits per heavy atom. The normalized spacial score (nSPS) is 26.2. The summed E-state index contributed by atoms with van der Waals surface area (Å²) in [5.41, 5.74) is 7.08. The minimum atomic E-state index is -0.298. The van der Waals surface area contributed by atoms with E-state index in [1.807, 2.05) is 27.7 Å². The lowest BCUT2D eigenvalue weighted by atomic mass is 9.96. The van der Waals surface area contributed by atoms with Crippen molar-refractivity contribution in [3.05, 3.63) is 0 Å². The number of rotatable bonds is 2. The Hall–Kier alpha value is -2.78. The number of ether oxygens (including phenoxy) is 2. The summed E-state index contributed by atoms with van der Waals surface area (Å²) in [6.45, 7) is 13.0. The van der Waals surface area contributed by atoms with Gasteiger partial charge in [-0.2, -0.15) is 10.2 Å². The summed E-state index contributed by atoms with van der Waals surface area (Å²) < 4.78 is 10.7. The molecule has 2 N–H and O–H groups in total. The maximum atomic E-state index is 12.3. The Kier molecular flexibility index (Phi) is 17.8. The van der Waals surface area contributed by atoms with E-state index >= 15 is 0 Å². The number of hydrogen-bond donors (Lipinski definition) is 2. The average molecular weight is 565 g/mol. The minimum absolute atomic E-state index is 0.180. The van der Waals surface area contributed by atoms with Crippen LogP contribution in [0, 0.1) is 23.7 Å². The summed E-state index contributed by atoms with van der Waals surface area (Å²) in [5.74, 6) is -0.0444. The van der Waals surface area contributed by atoms with E-state index in [4.69, 9.17) is 9.47 Å². The fourth-order valence-corrected chi connectivity index (χ4v) is 4.08. The van der Waals surface area contributed by atoms with Crippen LogP contribution in [0.25, 0.3) is 0 Å². The van der Waals surface area contributed by atoms with Crippen molar-refractivity contribution in [2.45, 2.75) is 119 Å². The Morgan fingerprint density at radius 3 is 1.35 bits per heavy atom. The van der Waals surface area contributed by atoms with Crippen molar-refractivity contribution in [3.63, 3.8) is 0 Å². The van der Waals surface area contributed by atoms with Gasteiger partial charge in [0.2, 0.25) is 11.8 Å². The standard InChI is InChI=1S/C30H52N4O6/c1-21(2)25-15-13-23(5)17-19-39-29(37)11-8-12-30(38)40-20-18-24(6)14-16-26(22(3)4)32-34-28(36)10-7-9-27(35)33-31-25/h21-24H,7-20H2,1-6H3,(H,33,35)(H,34,36)/b31-25-,32-26-/t23-,24-/m1/s1. The Balaban J connectivity index is 2.77. The number of carbonyl (C=O) groups is 4. The number of carbonyl (C=O) groups excluding carboxylic acids is 4. The summed E-state index contributed by atoms with van der Waals surface area (Å²) in [7, 11) is 0. The molecule has 0 aromatic heterocycles. The first-order valence-corrected chi connectivity index (χ1v) is 15.0.